The molecular formula is C52H39N. The van der Waals surface area contributed by atoms with E-state index in [9.17, 15) is 0 Å². The SMILES string of the molecule is CC1(C)c2ccccc2-c2ccc(N(c3cccc(-c4ccccc4)c3)c3cccc(C4(c5ccccc5)c5ccccc5-c5ccccc54)c3)cc21. The van der Waals surface area contributed by atoms with Gasteiger partial charge >= 0.3 is 0 Å². The molecule has 53 heavy (non-hydrogen) atoms. The van der Waals surface area contributed by atoms with E-state index in [-0.39, 0.29) is 5.41 Å². The van der Waals surface area contributed by atoms with Crippen molar-refractivity contribution in [2.45, 2.75) is 24.7 Å². The zero-order valence-electron chi connectivity index (χ0n) is 30.0. The number of anilines is 3. The Labute approximate surface area is 312 Å². The quantitative estimate of drug-likeness (QED) is 0.169. The average Bonchev–Trinajstić information content (AvgIpc) is 3.65. The van der Waals surface area contributed by atoms with Crippen molar-refractivity contribution in [3.63, 3.8) is 0 Å². The van der Waals surface area contributed by atoms with Gasteiger partial charge in [0, 0.05) is 22.5 Å². The maximum absolute atomic E-state index is 2.46. The normalized spacial score (nSPS) is 14.2. The highest BCUT2D eigenvalue weighted by Gasteiger charge is 2.46. The van der Waals surface area contributed by atoms with E-state index in [1.54, 1.807) is 0 Å². The van der Waals surface area contributed by atoms with Crippen molar-refractivity contribution in [3.05, 3.63) is 234 Å². The fourth-order valence-electron chi connectivity index (χ4n) is 9.32. The summed E-state index contributed by atoms with van der Waals surface area (Å²) in [5.41, 5.74) is 18.3. The molecule has 252 valence electrons. The highest BCUT2D eigenvalue weighted by Crippen LogP contribution is 2.57. The first kappa shape index (κ1) is 31.3. The average molecular weight is 678 g/mol. The Kier molecular flexibility index (Phi) is 7.13. The molecule has 0 spiro atoms. The Hall–Kier alpha value is -6.44. The second-order valence-corrected chi connectivity index (χ2v) is 14.9. The smallest absolute Gasteiger partial charge is 0.0714 e. The summed E-state index contributed by atoms with van der Waals surface area (Å²) in [6.07, 6.45) is 0. The molecule has 2 aliphatic rings. The van der Waals surface area contributed by atoms with Crippen LogP contribution in [-0.4, -0.2) is 0 Å². The van der Waals surface area contributed by atoms with Crippen molar-refractivity contribution in [2.24, 2.45) is 0 Å². The zero-order chi connectivity index (χ0) is 35.6. The minimum Gasteiger partial charge on any atom is -0.310 e. The fourth-order valence-corrected chi connectivity index (χ4v) is 9.32. The van der Waals surface area contributed by atoms with Crippen LogP contribution in [0.5, 0.6) is 0 Å². The van der Waals surface area contributed by atoms with Gasteiger partial charge in [-0.25, -0.2) is 0 Å². The molecule has 1 nitrogen and oxygen atoms in total. The largest absolute Gasteiger partial charge is 0.310 e. The molecule has 0 saturated heterocycles. The molecule has 0 atom stereocenters. The molecule has 2 aliphatic carbocycles. The van der Waals surface area contributed by atoms with Crippen LogP contribution in [0.25, 0.3) is 33.4 Å². The molecule has 1 heteroatoms. The monoisotopic (exact) mass is 677 g/mol. The van der Waals surface area contributed by atoms with Gasteiger partial charge in [0.1, 0.15) is 0 Å². The van der Waals surface area contributed by atoms with Crippen LogP contribution < -0.4 is 4.90 Å². The molecule has 0 heterocycles. The van der Waals surface area contributed by atoms with Gasteiger partial charge in [-0.2, -0.15) is 0 Å². The highest BCUT2D eigenvalue weighted by atomic mass is 15.1. The molecule has 0 aliphatic heterocycles. The third-order valence-corrected chi connectivity index (χ3v) is 11.7. The molecular weight excluding hydrogens is 639 g/mol. The molecule has 0 saturated carbocycles. The van der Waals surface area contributed by atoms with Crippen molar-refractivity contribution < 1.29 is 0 Å². The molecule has 0 aromatic heterocycles. The Morgan fingerprint density at radius 1 is 0.321 bits per heavy atom. The summed E-state index contributed by atoms with van der Waals surface area (Å²) < 4.78 is 0. The van der Waals surface area contributed by atoms with Crippen LogP contribution in [0.4, 0.5) is 17.1 Å². The summed E-state index contributed by atoms with van der Waals surface area (Å²) in [5.74, 6) is 0. The van der Waals surface area contributed by atoms with Crippen LogP contribution >= 0.6 is 0 Å². The van der Waals surface area contributed by atoms with Gasteiger partial charge in [-0.15, -0.1) is 0 Å². The minimum absolute atomic E-state index is 0.115. The van der Waals surface area contributed by atoms with E-state index < -0.39 is 5.41 Å². The summed E-state index contributed by atoms with van der Waals surface area (Å²) in [6, 6.07) is 74.0. The Balaban J connectivity index is 1.22. The molecule has 0 fully saturated rings. The predicted octanol–water partition coefficient (Wildman–Crippen LogP) is 13.5. The first-order chi connectivity index (χ1) is 26.0. The number of rotatable bonds is 6. The van der Waals surface area contributed by atoms with Gasteiger partial charge < -0.3 is 4.90 Å². The van der Waals surface area contributed by atoms with Crippen molar-refractivity contribution in [3.8, 4) is 33.4 Å². The number of hydrogen-bond acceptors (Lipinski definition) is 1. The van der Waals surface area contributed by atoms with E-state index >= 15 is 0 Å². The van der Waals surface area contributed by atoms with E-state index in [4.69, 9.17) is 0 Å². The third-order valence-electron chi connectivity index (χ3n) is 11.7. The number of hydrogen-bond donors (Lipinski definition) is 0. The second-order valence-electron chi connectivity index (χ2n) is 14.9. The van der Waals surface area contributed by atoms with Crippen molar-refractivity contribution >= 4 is 17.1 Å². The van der Waals surface area contributed by atoms with E-state index in [0.717, 1.165) is 17.1 Å². The van der Waals surface area contributed by atoms with Crippen LogP contribution in [0.3, 0.4) is 0 Å². The van der Waals surface area contributed by atoms with Crippen LogP contribution in [0.15, 0.2) is 200 Å². The van der Waals surface area contributed by atoms with Gasteiger partial charge in [0.2, 0.25) is 0 Å². The highest BCUT2D eigenvalue weighted by molar-refractivity contribution is 5.89. The Morgan fingerprint density at radius 3 is 1.47 bits per heavy atom. The molecule has 0 bridgehead atoms. The lowest BCUT2D eigenvalue weighted by Gasteiger charge is -2.35. The number of nitrogens with zero attached hydrogens (tertiary/aromatic N) is 1. The maximum atomic E-state index is 2.46. The second kappa shape index (κ2) is 12.1. The van der Waals surface area contributed by atoms with Gasteiger partial charge in [-0.05, 0) is 103 Å². The zero-order valence-corrected chi connectivity index (χ0v) is 30.0. The molecule has 8 aromatic rings. The Bertz CT molecular complexity index is 2600. The van der Waals surface area contributed by atoms with Gasteiger partial charge in [-0.3, -0.25) is 0 Å². The van der Waals surface area contributed by atoms with Gasteiger partial charge in [0.05, 0.1) is 5.41 Å². The first-order valence-corrected chi connectivity index (χ1v) is 18.6. The fraction of sp³-hybridized carbons (Fsp3) is 0.0769. The lowest BCUT2D eigenvalue weighted by molar-refractivity contribution is 0.660. The van der Waals surface area contributed by atoms with E-state index in [1.165, 1.54) is 66.8 Å². The summed E-state index contributed by atoms with van der Waals surface area (Å²) in [6.45, 7) is 4.72. The van der Waals surface area contributed by atoms with Gasteiger partial charge in [0.25, 0.3) is 0 Å². The summed E-state index contributed by atoms with van der Waals surface area (Å²) >= 11 is 0. The van der Waals surface area contributed by atoms with Gasteiger partial charge in [0.15, 0.2) is 0 Å². The molecule has 8 aromatic carbocycles. The summed E-state index contributed by atoms with van der Waals surface area (Å²) in [4.78, 5) is 2.46. The Morgan fingerprint density at radius 2 is 0.792 bits per heavy atom. The summed E-state index contributed by atoms with van der Waals surface area (Å²) in [7, 11) is 0. The predicted molar refractivity (Wildman–Crippen MR) is 221 cm³/mol. The van der Waals surface area contributed by atoms with E-state index in [0.29, 0.717) is 0 Å². The van der Waals surface area contributed by atoms with Crippen LogP contribution in [0, 0.1) is 0 Å². The topological polar surface area (TPSA) is 3.24 Å². The molecule has 0 N–H and O–H groups in total. The molecule has 0 radical (unpaired) electrons. The maximum Gasteiger partial charge on any atom is 0.0714 e. The standard InChI is InChI=1S/C52H39N/c1-51(2)47-28-12-9-25-43(47)46-32-31-42(35-50(46)51)53(40-23-15-19-37(33-40)36-17-5-3-6-18-36)41-24-16-22-39(34-41)52(38-20-7-4-8-21-38)48-29-13-10-26-44(48)45-27-11-14-30-49(45)52/h3-35H,1-2H3. The van der Waals surface area contributed by atoms with Crippen molar-refractivity contribution in [1.82, 2.24) is 0 Å². The van der Waals surface area contributed by atoms with Crippen molar-refractivity contribution in [2.75, 3.05) is 4.90 Å². The lowest BCUT2D eigenvalue weighted by atomic mass is 9.67. The van der Waals surface area contributed by atoms with Crippen LogP contribution in [-0.2, 0) is 10.8 Å². The number of benzene rings is 8. The molecule has 0 unspecified atom stereocenters. The lowest BCUT2D eigenvalue weighted by Crippen LogP contribution is -2.28. The first-order valence-electron chi connectivity index (χ1n) is 18.6. The summed E-state index contributed by atoms with van der Waals surface area (Å²) in [5, 5.41) is 0. The van der Waals surface area contributed by atoms with Crippen LogP contribution in [0.1, 0.15) is 47.2 Å². The molecule has 0 amide bonds. The van der Waals surface area contributed by atoms with E-state index in [2.05, 4.69) is 219 Å². The van der Waals surface area contributed by atoms with Gasteiger partial charge in [-0.1, -0.05) is 178 Å². The van der Waals surface area contributed by atoms with Crippen molar-refractivity contribution in [1.29, 1.82) is 0 Å². The third kappa shape index (κ3) is 4.70. The number of fused-ring (bicyclic) bond motifs is 6. The van der Waals surface area contributed by atoms with Crippen LogP contribution in [0.2, 0.25) is 0 Å². The minimum atomic E-state index is -0.483. The molecule has 10 rings (SSSR count). The van der Waals surface area contributed by atoms with E-state index in [1.807, 2.05) is 0 Å².